The minimum atomic E-state index is -0.454. The predicted octanol–water partition coefficient (Wildman–Crippen LogP) is 6.92. The molecular formula is C24H47NO4. The fraction of sp³-hybridized carbons (Fsp3) is 0.917. The number of unbranched alkanes of at least 4 members (excludes halogenated alkanes) is 9. The molecular weight excluding hydrogens is 366 g/mol. The van der Waals surface area contributed by atoms with Crippen molar-refractivity contribution in [3.8, 4) is 0 Å². The second kappa shape index (κ2) is 17.6. The van der Waals surface area contributed by atoms with Crippen molar-refractivity contribution in [3.05, 3.63) is 0 Å². The number of alkyl carbamates (subject to hydrolysis) is 1. The Kier molecular flexibility index (Phi) is 16.8. The molecule has 1 atom stereocenters. The van der Waals surface area contributed by atoms with Crippen molar-refractivity contribution in [2.75, 3.05) is 6.54 Å². The Morgan fingerprint density at radius 2 is 1.41 bits per heavy atom. The van der Waals surface area contributed by atoms with Crippen molar-refractivity contribution < 1.29 is 19.1 Å². The van der Waals surface area contributed by atoms with Crippen LogP contribution in [0.15, 0.2) is 0 Å². The lowest BCUT2D eigenvalue weighted by atomic mass is 10.1. The third-order valence-corrected chi connectivity index (χ3v) is 4.86. The van der Waals surface area contributed by atoms with Gasteiger partial charge >= 0.3 is 12.1 Å². The number of carbonyl (C=O) groups excluding carboxylic acids is 2. The third kappa shape index (κ3) is 19.8. The van der Waals surface area contributed by atoms with Crippen LogP contribution in [0.25, 0.3) is 0 Å². The molecule has 0 aliphatic heterocycles. The Hall–Kier alpha value is -1.26. The molecule has 0 rings (SSSR count). The summed E-state index contributed by atoms with van der Waals surface area (Å²) in [7, 11) is 0. The van der Waals surface area contributed by atoms with Gasteiger partial charge in [-0.25, -0.2) is 4.79 Å². The van der Waals surface area contributed by atoms with Gasteiger partial charge < -0.3 is 14.8 Å². The summed E-state index contributed by atoms with van der Waals surface area (Å²) >= 11 is 0. The van der Waals surface area contributed by atoms with Gasteiger partial charge in [0.2, 0.25) is 0 Å². The zero-order chi connectivity index (χ0) is 22.0. The van der Waals surface area contributed by atoms with Gasteiger partial charge in [0.1, 0.15) is 11.7 Å². The first-order valence-electron chi connectivity index (χ1n) is 11.9. The summed E-state index contributed by atoms with van der Waals surface area (Å²) in [6, 6.07) is 0. The highest BCUT2D eigenvalue weighted by Crippen LogP contribution is 2.14. The molecule has 29 heavy (non-hydrogen) atoms. The molecule has 0 bridgehead atoms. The van der Waals surface area contributed by atoms with E-state index < -0.39 is 5.60 Å². The van der Waals surface area contributed by atoms with E-state index in [1.165, 1.54) is 32.1 Å². The lowest BCUT2D eigenvalue weighted by Crippen LogP contribution is -2.32. The molecule has 172 valence electrons. The van der Waals surface area contributed by atoms with Gasteiger partial charge in [0.05, 0.1) is 0 Å². The second-order valence-corrected chi connectivity index (χ2v) is 9.02. The van der Waals surface area contributed by atoms with E-state index in [9.17, 15) is 9.59 Å². The SMILES string of the molecule is CCCCCCCCC(CC)OC(=O)CCCCCCCNC(=O)OC(C)(C)C. The zero-order valence-electron chi connectivity index (χ0n) is 19.8. The first-order valence-corrected chi connectivity index (χ1v) is 11.9. The number of rotatable bonds is 17. The summed E-state index contributed by atoms with van der Waals surface area (Å²) < 4.78 is 10.8. The molecule has 1 unspecified atom stereocenters. The van der Waals surface area contributed by atoms with Crippen molar-refractivity contribution in [1.29, 1.82) is 0 Å². The van der Waals surface area contributed by atoms with Gasteiger partial charge in [0, 0.05) is 13.0 Å². The largest absolute Gasteiger partial charge is 0.462 e. The molecule has 0 fully saturated rings. The molecule has 0 aromatic heterocycles. The minimum Gasteiger partial charge on any atom is -0.462 e. The van der Waals surface area contributed by atoms with Crippen LogP contribution in [0.4, 0.5) is 4.79 Å². The van der Waals surface area contributed by atoms with E-state index in [0.29, 0.717) is 13.0 Å². The molecule has 5 heteroatoms. The molecule has 0 spiro atoms. The fourth-order valence-electron chi connectivity index (χ4n) is 3.17. The number of esters is 1. The summed E-state index contributed by atoms with van der Waals surface area (Å²) in [6.07, 6.45) is 14.7. The smallest absolute Gasteiger partial charge is 0.407 e. The van der Waals surface area contributed by atoms with Crippen LogP contribution in [0, 0.1) is 0 Å². The molecule has 5 nitrogen and oxygen atoms in total. The standard InChI is InChI=1S/C24H47NO4/c1-6-8-9-10-12-15-18-21(7-2)28-22(26)19-16-13-11-14-17-20-25-23(27)29-24(3,4)5/h21H,6-20H2,1-5H3,(H,25,27). The zero-order valence-corrected chi connectivity index (χ0v) is 19.8. The second-order valence-electron chi connectivity index (χ2n) is 9.02. The number of carbonyl (C=O) groups is 2. The number of nitrogens with one attached hydrogen (secondary N) is 1. The summed E-state index contributed by atoms with van der Waals surface area (Å²) in [5.74, 6) is -0.0468. The van der Waals surface area contributed by atoms with Crippen LogP contribution in [0.2, 0.25) is 0 Å². The van der Waals surface area contributed by atoms with Gasteiger partial charge in [-0.15, -0.1) is 0 Å². The van der Waals surface area contributed by atoms with E-state index in [0.717, 1.165) is 51.4 Å². The topological polar surface area (TPSA) is 64.6 Å². The molecule has 0 radical (unpaired) electrons. The van der Waals surface area contributed by atoms with Crippen molar-refractivity contribution in [2.45, 2.75) is 136 Å². The molecule has 1 amide bonds. The maximum atomic E-state index is 12.0. The van der Waals surface area contributed by atoms with Crippen molar-refractivity contribution in [2.24, 2.45) is 0 Å². The van der Waals surface area contributed by atoms with Crippen LogP contribution in [0.1, 0.15) is 125 Å². The molecule has 0 saturated carbocycles. The summed E-state index contributed by atoms with van der Waals surface area (Å²) in [6.45, 7) is 10.5. The Bertz CT molecular complexity index is 418. The van der Waals surface area contributed by atoms with Crippen LogP contribution in [0.5, 0.6) is 0 Å². The van der Waals surface area contributed by atoms with Crippen LogP contribution >= 0.6 is 0 Å². The average molecular weight is 414 g/mol. The molecule has 0 aromatic carbocycles. The highest BCUT2D eigenvalue weighted by molar-refractivity contribution is 5.69. The molecule has 0 aliphatic carbocycles. The van der Waals surface area contributed by atoms with Gasteiger partial charge in [-0.1, -0.05) is 65.2 Å². The fourth-order valence-corrected chi connectivity index (χ4v) is 3.17. The van der Waals surface area contributed by atoms with E-state index >= 15 is 0 Å². The maximum Gasteiger partial charge on any atom is 0.407 e. The lowest BCUT2D eigenvalue weighted by molar-refractivity contribution is -0.149. The Morgan fingerprint density at radius 1 is 0.828 bits per heavy atom. The highest BCUT2D eigenvalue weighted by atomic mass is 16.6. The highest BCUT2D eigenvalue weighted by Gasteiger charge is 2.15. The van der Waals surface area contributed by atoms with Crippen molar-refractivity contribution >= 4 is 12.1 Å². The Balaban J connectivity index is 3.59. The summed E-state index contributed by atoms with van der Waals surface area (Å²) in [5.41, 5.74) is -0.454. The molecule has 0 heterocycles. The van der Waals surface area contributed by atoms with Gasteiger partial charge in [-0.05, 0) is 52.9 Å². The van der Waals surface area contributed by atoms with E-state index in [-0.39, 0.29) is 18.2 Å². The first-order chi connectivity index (χ1) is 13.8. The van der Waals surface area contributed by atoms with E-state index in [1.807, 2.05) is 20.8 Å². The number of hydrogen-bond donors (Lipinski definition) is 1. The van der Waals surface area contributed by atoms with Crippen molar-refractivity contribution in [3.63, 3.8) is 0 Å². The number of hydrogen-bond acceptors (Lipinski definition) is 4. The number of amides is 1. The van der Waals surface area contributed by atoms with E-state index in [2.05, 4.69) is 19.2 Å². The van der Waals surface area contributed by atoms with E-state index in [4.69, 9.17) is 9.47 Å². The van der Waals surface area contributed by atoms with Gasteiger partial charge in [-0.2, -0.15) is 0 Å². The van der Waals surface area contributed by atoms with Crippen LogP contribution < -0.4 is 5.32 Å². The maximum absolute atomic E-state index is 12.0. The normalized spacial score (nSPS) is 12.4. The van der Waals surface area contributed by atoms with Gasteiger partial charge in [0.15, 0.2) is 0 Å². The van der Waals surface area contributed by atoms with Crippen LogP contribution in [0.3, 0.4) is 0 Å². The molecule has 0 saturated heterocycles. The van der Waals surface area contributed by atoms with Crippen LogP contribution in [-0.4, -0.2) is 30.3 Å². The Labute approximate surface area is 179 Å². The molecule has 1 N–H and O–H groups in total. The lowest BCUT2D eigenvalue weighted by Gasteiger charge is -2.19. The van der Waals surface area contributed by atoms with E-state index in [1.54, 1.807) is 0 Å². The van der Waals surface area contributed by atoms with Gasteiger partial charge in [0.25, 0.3) is 0 Å². The van der Waals surface area contributed by atoms with Gasteiger partial charge in [-0.3, -0.25) is 4.79 Å². The predicted molar refractivity (Wildman–Crippen MR) is 120 cm³/mol. The Morgan fingerprint density at radius 3 is 2.03 bits per heavy atom. The minimum absolute atomic E-state index is 0.0468. The molecule has 0 aliphatic rings. The third-order valence-electron chi connectivity index (χ3n) is 4.86. The quantitative estimate of drug-likeness (QED) is 0.207. The first kappa shape index (κ1) is 27.7. The monoisotopic (exact) mass is 413 g/mol. The molecule has 0 aromatic rings. The summed E-state index contributed by atoms with van der Waals surface area (Å²) in [5, 5.41) is 2.77. The van der Waals surface area contributed by atoms with Crippen LogP contribution in [-0.2, 0) is 14.3 Å². The average Bonchev–Trinajstić information content (AvgIpc) is 2.64. The van der Waals surface area contributed by atoms with Crippen molar-refractivity contribution in [1.82, 2.24) is 5.32 Å². The summed E-state index contributed by atoms with van der Waals surface area (Å²) in [4.78, 5) is 23.5. The number of ether oxygens (including phenoxy) is 2.